The van der Waals surface area contributed by atoms with E-state index in [1.807, 2.05) is 43.5 Å². The number of hydrogen-bond donors (Lipinski definition) is 1. The molecule has 0 fully saturated rings. The maximum absolute atomic E-state index is 12.5. The Hall–Kier alpha value is -3.61. The van der Waals surface area contributed by atoms with E-state index in [0.717, 1.165) is 11.3 Å². The van der Waals surface area contributed by atoms with Gasteiger partial charge in [0.2, 0.25) is 0 Å². The van der Waals surface area contributed by atoms with Gasteiger partial charge in [-0.25, -0.2) is 19.9 Å². The summed E-state index contributed by atoms with van der Waals surface area (Å²) in [7, 11) is 0. The number of imidazole rings is 1. The minimum absolute atomic E-state index is 0.253. The van der Waals surface area contributed by atoms with Crippen LogP contribution in [0.15, 0.2) is 61.3 Å². The standard InChI is InChI=1S/C18H14N6O/c1-12-11-24-8-7-19-15(17(24)22-12)18(25)23-14-9-20-16(21-10-14)13-5-3-2-4-6-13/h2-11H,1H3,(H,23,25). The van der Waals surface area contributed by atoms with E-state index in [2.05, 4.69) is 25.3 Å². The fraction of sp³-hybridized carbons (Fsp3) is 0.0556. The monoisotopic (exact) mass is 330 g/mol. The highest BCUT2D eigenvalue weighted by molar-refractivity contribution is 6.06. The molecule has 1 aromatic carbocycles. The van der Waals surface area contributed by atoms with Crippen LogP contribution in [0.1, 0.15) is 16.2 Å². The van der Waals surface area contributed by atoms with Crippen molar-refractivity contribution in [3.8, 4) is 11.4 Å². The Morgan fingerprint density at radius 1 is 1.08 bits per heavy atom. The molecule has 0 aliphatic carbocycles. The van der Waals surface area contributed by atoms with Crippen LogP contribution in [0.2, 0.25) is 0 Å². The second-order valence-corrected chi connectivity index (χ2v) is 5.50. The number of nitrogens with zero attached hydrogens (tertiary/aromatic N) is 5. The zero-order valence-corrected chi connectivity index (χ0v) is 13.4. The van der Waals surface area contributed by atoms with Gasteiger partial charge in [0.05, 0.1) is 23.8 Å². The summed E-state index contributed by atoms with van der Waals surface area (Å²) in [5, 5.41) is 2.76. The Morgan fingerprint density at radius 2 is 1.84 bits per heavy atom. The number of carbonyl (C=O) groups excluding carboxylic acids is 1. The summed E-state index contributed by atoms with van der Waals surface area (Å²) in [6, 6.07) is 9.64. The molecule has 3 aromatic heterocycles. The first kappa shape index (κ1) is 14.9. The lowest BCUT2D eigenvalue weighted by molar-refractivity contribution is 0.102. The van der Waals surface area contributed by atoms with Crippen LogP contribution in [-0.2, 0) is 0 Å². The van der Waals surface area contributed by atoms with E-state index in [1.165, 1.54) is 0 Å². The third-order valence-corrected chi connectivity index (χ3v) is 3.65. The summed E-state index contributed by atoms with van der Waals surface area (Å²) in [5.74, 6) is 0.245. The first-order chi connectivity index (χ1) is 12.2. The molecule has 4 aromatic rings. The molecule has 0 saturated heterocycles. The SMILES string of the molecule is Cc1cn2ccnc(C(=O)Nc3cnc(-c4ccccc4)nc3)c2n1. The summed E-state index contributed by atoms with van der Waals surface area (Å²) < 4.78 is 1.77. The van der Waals surface area contributed by atoms with Gasteiger partial charge in [0.1, 0.15) is 0 Å². The van der Waals surface area contributed by atoms with Crippen molar-refractivity contribution in [3.63, 3.8) is 0 Å². The maximum Gasteiger partial charge on any atom is 0.278 e. The van der Waals surface area contributed by atoms with Gasteiger partial charge in [0, 0.05) is 24.2 Å². The Morgan fingerprint density at radius 3 is 2.60 bits per heavy atom. The average Bonchev–Trinajstić information content (AvgIpc) is 3.03. The van der Waals surface area contributed by atoms with E-state index < -0.39 is 0 Å². The molecule has 0 bridgehead atoms. The van der Waals surface area contributed by atoms with Gasteiger partial charge < -0.3 is 9.72 Å². The van der Waals surface area contributed by atoms with Gasteiger partial charge in [-0.1, -0.05) is 30.3 Å². The Kier molecular flexibility index (Phi) is 3.66. The van der Waals surface area contributed by atoms with Crippen LogP contribution >= 0.6 is 0 Å². The molecular weight excluding hydrogens is 316 g/mol. The number of rotatable bonds is 3. The third-order valence-electron chi connectivity index (χ3n) is 3.65. The molecule has 1 amide bonds. The number of aromatic nitrogens is 5. The van der Waals surface area contributed by atoms with Crippen molar-refractivity contribution in [2.75, 3.05) is 5.32 Å². The van der Waals surface area contributed by atoms with Crippen molar-refractivity contribution >= 4 is 17.2 Å². The van der Waals surface area contributed by atoms with Crippen LogP contribution in [0.3, 0.4) is 0 Å². The normalized spacial score (nSPS) is 10.8. The summed E-state index contributed by atoms with van der Waals surface area (Å²) in [6.07, 6.45) is 8.31. The predicted octanol–water partition coefficient (Wildman–Crippen LogP) is 2.75. The van der Waals surface area contributed by atoms with Crippen molar-refractivity contribution < 1.29 is 4.79 Å². The number of aryl methyl sites for hydroxylation is 1. The van der Waals surface area contributed by atoms with Crippen molar-refractivity contribution in [2.45, 2.75) is 6.92 Å². The molecule has 1 N–H and O–H groups in total. The number of nitrogens with one attached hydrogen (secondary N) is 1. The average molecular weight is 330 g/mol. The van der Waals surface area contributed by atoms with Crippen molar-refractivity contribution in [2.24, 2.45) is 0 Å². The number of benzene rings is 1. The topological polar surface area (TPSA) is 85.1 Å². The quantitative estimate of drug-likeness (QED) is 0.624. The molecule has 0 unspecified atom stereocenters. The molecule has 0 aliphatic rings. The molecule has 0 atom stereocenters. The van der Waals surface area contributed by atoms with Crippen LogP contribution in [-0.4, -0.2) is 30.2 Å². The lowest BCUT2D eigenvalue weighted by Gasteiger charge is -2.06. The van der Waals surface area contributed by atoms with Gasteiger partial charge in [-0.05, 0) is 6.92 Å². The second kappa shape index (κ2) is 6.12. The fourth-order valence-corrected chi connectivity index (χ4v) is 2.52. The van der Waals surface area contributed by atoms with Gasteiger partial charge in [-0.3, -0.25) is 4.79 Å². The van der Waals surface area contributed by atoms with E-state index in [4.69, 9.17) is 0 Å². The Balaban J connectivity index is 1.58. The predicted molar refractivity (Wildman–Crippen MR) is 93.1 cm³/mol. The number of anilines is 1. The molecule has 0 spiro atoms. The van der Waals surface area contributed by atoms with Gasteiger partial charge in [-0.15, -0.1) is 0 Å². The molecule has 0 aliphatic heterocycles. The van der Waals surface area contributed by atoms with Crippen LogP contribution in [0.5, 0.6) is 0 Å². The lowest BCUT2D eigenvalue weighted by atomic mass is 10.2. The minimum atomic E-state index is -0.354. The highest BCUT2D eigenvalue weighted by Gasteiger charge is 2.15. The van der Waals surface area contributed by atoms with Gasteiger partial charge >= 0.3 is 0 Å². The van der Waals surface area contributed by atoms with Crippen molar-refractivity contribution in [3.05, 3.63) is 72.7 Å². The third kappa shape index (κ3) is 2.94. The number of amides is 1. The largest absolute Gasteiger partial charge is 0.318 e. The smallest absolute Gasteiger partial charge is 0.278 e. The Labute approximate surface area is 143 Å². The van der Waals surface area contributed by atoms with E-state index >= 15 is 0 Å². The van der Waals surface area contributed by atoms with E-state index in [0.29, 0.717) is 17.2 Å². The van der Waals surface area contributed by atoms with Gasteiger partial charge in [-0.2, -0.15) is 0 Å². The fourth-order valence-electron chi connectivity index (χ4n) is 2.52. The first-order valence-electron chi connectivity index (χ1n) is 7.70. The molecule has 0 radical (unpaired) electrons. The van der Waals surface area contributed by atoms with Crippen molar-refractivity contribution in [1.82, 2.24) is 24.3 Å². The minimum Gasteiger partial charge on any atom is -0.318 e. The zero-order chi connectivity index (χ0) is 17.2. The summed E-state index contributed by atoms with van der Waals surface area (Å²) in [5.41, 5.74) is 3.00. The van der Waals surface area contributed by atoms with Crippen molar-refractivity contribution in [1.29, 1.82) is 0 Å². The molecule has 0 saturated carbocycles. The summed E-state index contributed by atoms with van der Waals surface area (Å²) >= 11 is 0. The molecule has 122 valence electrons. The summed E-state index contributed by atoms with van der Waals surface area (Å²) in [6.45, 7) is 1.87. The van der Waals surface area contributed by atoms with E-state index in [-0.39, 0.29) is 11.6 Å². The lowest BCUT2D eigenvalue weighted by Crippen LogP contribution is -2.15. The molecule has 3 heterocycles. The van der Waals surface area contributed by atoms with Crippen LogP contribution < -0.4 is 5.32 Å². The Bertz CT molecular complexity index is 1040. The molecule has 4 rings (SSSR count). The molecule has 25 heavy (non-hydrogen) atoms. The second-order valence-electron chi connectivity index (χ2n) is 5.50. The first-order valence-corrected chi connectivity index (χ1v) is 7.70. The van der Waals surface area contributed by atoms with Crippen LogP contribution in [0, 0.1) is 6.92 Å². The molecule has 7 nitrogen and oxygen atoms in total. The number of carbonyl (C=O) groups is 1. The van der Waals surface area contributed by atoms with E-state index in [1.54, 1.807) is 29.2 Å². The van der Waals surface area contributed by atoms with Crippen LogP contribution in [0.25, 0.3) is 17.0 Å². The summed E-state index contributed by atoms with van der Waals surface area (Å²) in [4.78, 5) is 29.6. The molecule has 7 heteroatoms. The molecular formula is C18H14N6O. The van der Waals surface area contributed by atoms with Crippen LogP contribution in [0.4, 0.5) is 5.69 Å². The number of hydrogen-bond acceptors (Lipinski definition) is 5. The van der Waals surface area contributed by atoms with Gasteiger partial charge in [0.25, 0.3) is 5.91 Å². The maximum atomic E-state index is 12.5. The zero-order valence-electron chi connectivity index (χ0n) is 13.4. The van der Waals surface area contributed by atoms with Gasteiger partial charge in [0.15, 0.2) is 17.2 Å². The highest BCUT2D eigenvalue weighted by Crippen LogP contribution is 2.16. The number of fused-ring (bicyclic) bond motifs is 1. The highest BCUT2D eigenvalue weighted by atomic mass is 16.1. The van der Waals surface area contributed by atoms with E-state index in [9.17, 15) is 4.79 Å².